The minimum absolute atomic E-state index is 0.0567. The van der Waals surface area contributed by atoms with E-state index in [1.54, 1.807) is 50.6 Å². The van der Waals surface area contributed by atoms with Crippen LogP contribution in [0.1, 0.15) is 4.88 Å². The van der Waals surface area contributed by atoms with Crippen molar-refractivity contribution in [3.63, 3.8) is 0 Å². The monoisotopic (exact) mass is 424 g/mol. The van der Waals surface area contributed by atoms with Gasteiger partial charge in [0.25, 0.3) is 5.91 Å². The Bertz CT molecular complexity index is 1340. The summed E-state index contributed by atoms with van der Waals surface area (Å²) in [7, 11) is 3.11. The van der Waals surface area contributed by atoms with Crippen LogP contribution in [0.4, 0.5) is 0 Å². The van der Waals surface area contributed by atoms with Gasteiger partial charge in [-0.25, -0.2) is 4.99 Å². The minimum Gasteiger partial charge on any atom is -0.497 e. The van der Waals surface area contributed by atoms with Crippen molar-refractivity contribution in [3.8, 4) is 23.1 Å². The molecule has 0 saturated carbocycles. The zero-order chi connectivity index (χ0) is 20.5. The first-order valence-corrected chi connectivity index (χ1v) is 9.83. The maximum atomic E-state index is 12.5. The molecule has 2 aromatic carbocycles. The molecule has 0 bridgehead atoms. The van der Waals surface area contributed by atoms with E-state index in [0.717, 1.165) is 5.22 Å². The summed E-state index contributed by atoms with van der Waals surface area (Å²) in [4.78, 5) is 17.1. The highest BCUT2D eigenvalue weighted by atomic mass is 32.1. The normalized spacial score (nSPS) is 14.1. The van der Waals surface area contributed by atoms with Crippen LogP contribution in [-0.2, 0) is 4.79 Å². The van der Waals surface area contributed by atoms with Gasteiger partial charge in [-0.3, -0.25) is 9.36 Å². The SMILES string of the molecule is COc1ccc2c(c1)=NC(=O)/C(=C/c1sc(=S)n(-c3ccccc3OC)c1O)C=2. The smallest absolute Gasteiger partial charge is 0.277 e. The summed E-state index contributed by atoms with van der Waals surface area (Å²) < 4.78 is 12.5. The number of aromatic hydroxyl groups is 1. The van der Waals surface area contributed by atoms with Gasteiger partial charge in [-0.05, 0) is 48.6 Å². The Kier molecular flexibility index (Phi) is 5.04. The number of benzene rings is 2. The van der Waals surface area contributed by atoms with E-state index in [4.69, 9.17) is 21.7 Å². The zero-order valence-electron chi connectivity index (χ0n) is 15.6. The lowest BCUT2D eigenvalue weighted by molar-refractivity contribution is -0.114. The van der Waals surface area contributed by atoms with Gasteiger partial charge in [0.15, 0.2) is 3.95 Å². The first-order chi connectivity index (χ1) is 14.0. The number of ether oxygens (including phenoxy) is 2. The van der Waals surface area contributed by atoms with E-state index in [0.29, 0.717) is 36.9 Å². The van der Waals surface area contributed by atoms with Gasteiger partial charge in [0, 0.05) is 16.9 Å². The molecule has 0 atom stereocenters. The molecule has 0 radical (unpaired) electrons. The van der Waals surface area contributed by atoms with Crippen LogP contribution in [0.5, 0.6) is 17.4 Å². The highest BCUT2D eigenvalue weighted by Gasteiger charge is 2.18. The van der Waals surface area contributed by atoms with Crippen LogP contribution in [-0.4, -0.2) is 29.8 Å². The first kappa shape index (κ1) is 19.1. The number of methoxy groups -OCH3 is 2. The Morgan fingerprint density at radius 1 is 1.17 bits per heavy atom. The van der Waals surface area contributed by atoms with Crippen LogP contribution in [0.15, 0.2) is 53.0 Å². The molecule has 2 heterocycles. The van der Waals surface area contributed by atoms with Gasteiger partial charge < -0.3 is 14.6 Å². The maximum Gasteiger partial charge on any atom is 0.277 e. The molecule has 1 amide bonds. The first-order valence-electron chi connectivity index (χ1n) is 8.60. The molecule has 0 saturated heterocycles. The number of hydrogen-bond acceptors (Lipinski definition) is 6. The van der Waals surface area contributed by atoms with Crippen molar-refractivity contribution in [2.24, 2.45) is 4.99 Å². The summed E-state index contributed by atoms with van der Waals surface area (Å²) in [5.41, 5.74) is 0.987. The van der Waals surface area contributed by atoms with Gasteiger partial charge >= 0.3 is 0 Å². The summed E-state index contributed by atoms with van der Waals surface area (Å²) >= 11 is 6.64. The lowest BCUT2D eigenvalue weighted by Gasteiger charge is -2.10. The number of aromatic nitrogens is 1. The van der Waals surface area contributed by atoms with Crippen molar-refractivity contribution >= 4 is 41.6 Å². The predicted molar refractivity (Wildman–Crippen MR) is 114 cm³/mol. The molecule has 29 heavy (non-hydrogen) atoms. The third kappa shape index (κ3) is 3.48. The van der Waals surface area contributed by atoms with Gasteiger partial charge in [-0.1, -0.05) is 12.1 Å². The van der Waals surface area contributed by atoms with Crippen LogP contribution >= 0.6 is 23.6 Å². The summed E-state index contributed by atoms with van der Waals surface area (Å²) in [5, 5.41) is 12.1. The molecule has 1 aromatic heterocycles. The summed E-state index contributed by atoms with van der Waals surface area (Å²) in [6, 6.07) is 12.6. The van der Waals surface area contributed by atoms with E-state index in [1.165, 1.54) is 15.9 Å². The number of amides is 1. The van der Waals surface area contributed by atoms with Crippen molar-refractivity contribution in [2.75, 3.05) is 14.2 Å². The Morgan fingerprint density at radius 2 is 1.97 bits per heavy atom. The highest BCUT2D eigenvalue weighted by molar-refractivity contribution is 7.73. The molecule has 0 aliphatic carbocycles. The predicted octanol–water partition coefficient (Wildman–Crippen LogP) is 3.01. The Morgan fingerprint density at radius 3 is 2.72 bits per heavy atom. The molecule has 0 fully saturated rings. The molecule has 1 N–H and O–H groups in total. The number of carbonyl (C=O) groups is 1. The fraction of sp³-hybridized carbons (Fsp3) is 0.0952. The van der Waals surface area contributed by atoms with Crippen molar-refractivity contribution in [1.82, 2.24) is 4.57 Å². The van der Waals surface area contributed by atoms with Crippen molar-refractivity contribution in [3.05, 3.63) is 67.4 Å². The quantitative estimate of drug-likeness (QED) is 0.515. The number of fused-ring (bicyclic) bond motifs is 1. The number of thiazole rings is 1. The highest BCUT2D eigenvalue weighted by Crippen LogP contribution is 2.35. The second-order valence-corrected chi connectivity index (χ2v) is 7.82. The van der Waals surface area contributed by atoms with E-state index in [2.05, 4.69) is 4.99 Å². The number of nitrogens with zero attached hydrogens (tertiary/aromatic N) is 2. The summed E-state index contributed by atoms with van der Waals surface area (Å²) in [5.74, 6) is 0.756. The topological polar surface area (TPSA) is 73.0 Å². The molecule has 6 nitrogen and oxygen atoms in total. The molecule has 0 unspecified atom stereocenters. The van der Waals surface area contributed by atoms with Gasteiger partial charge in [-0.15, -0.1) is 11.3 Å². The number of hydrogen-bond donors (Lipinski definition) is 1. The second kappa shape index (κ2) is 7.65. The van der Waals surface area contributed by atoms with Crippen molar-refractivity contribution < 1.29 is 19.4 Å². The average molecular weight is 425 g/mol. The number of para-hydroxylation sites is 2. The largest absolute Gasteiger partial charge is 0.497 e. The number of carbonyl (C=O) groups excluding carboxylic acids is 1. The maximum absolute atomic E-state index is 12.5. The third-order valence-corrected chi connectivity index (χ3v) is 5.75. The fourth-order valence-corrected chi connectivity index (χ4v) is 4.31. The van der Waals surface area contributed by atoms with Gasteiger partial charge in [-0.2, -0.15) is 0 Å². The minimum atomic E-state index is -0.395. The molecule has 1 aliphatic heterocycles. The molecule has 8 heteroatoms. The van der Waals surface area contributed by atoms with Crippen LogP contribution in [0, 0.1) is 3.95 Å². The van der Waals surface area contributed by atoms with Crippen LogP contribution in [0.2, 0.25) is 0 Å². The van der Waals surface area contributed by atoms with Crippen molar-refractivity contribution in [1.29, 1.82) is 0 Å². The zero-order valence-corrected chi connectivity index (χ0v) is 17.2. The van der Waals surface area contributed by atoms with E-state index in [9.17, 15) is 9.90 Å². The number of rotatable bonds is 4. The Hall–Kier alpha value is -3.23. The van der Waals surface area contributed by atoms with Gasteiger partial charge in [0.05, 0.1) is 30.1 Å². The van der Waals surface area contributed by atoms with E-state index < -0.39 is 5.91 Å². The van der Waals surface area contributed by atoms with Crippen LogP contribution < -0.4 is 20.0 Å². The van der Waals surface area contributed by atoms with Gasteiger partial charge in [0.2, 0.25) is 5.88 Å². The molecular formula is C21H16N2O4S2. The summed E-state index contributed by atoms with van der Waals surface area (Å²) in [6.45, 7) is 0. The van der Waals surface area contributed by atoms with Crippen molar-refractivity contribution in [2.45, 2.75) is 0 Å². The van der Waals surface area contributed by atoms with E-state index >= 15 is 0 Å². The molecule has 146 valence electrons. The molecule has 4 rings (SSSR count). The average Bonchev–Trinajstić information content (AvgIpc) is 3.01. The molecule has 1 aliphatic rings. The van der Waals surface area contributed by atoms with E-state index in [1.807, 2.05) is 18.2 Å². The summed E-state index contributed by atoms with van der Waals surface area (Å²) in [6.07, 6.45) is 3.33. The second-order valence-electron chi connectivity index (χ2n) is 6.15. The molecule has 3 aromatic rings. The Balaban J connectivity index is 1.83. The lowest BCUT2D eigenvalue weighted by atomic mass is 10.1. The van der Waals surface area contributed by atoms with E-state index in [-0.39, 0.29) is 5.88 Å². The Labute approximate surface area is 175 Å². The third-order valence-electron chi connectivity index (χ3n) is 4.44. The molecular weight excluding hydrogens is 408 g/mol. The fourth-order valence-electron chi connectivity index (χ4n) is 3.02. The van der Waals surface area contributed by atoms with Crippen LogP contribution in [0.25, 0.3) is 17.8 Å². The standard InChI is InChI=1S/C21H16N2O4S2/c1-26-14-8-7-12-9-13(19(24)22-15(12)11-14)10-18-20(25)23(21(28)29-18)16-5-3-4-6-17(16)27-2/h3-11,25H,1-2H3/b13-10+. The van der Waals surface area contributed by atoms with Gasteiger partial charge in [0.1, 0.15) is 11.5 Å². The molecule has 0 spiro atoms. The van der Waals surface area contributed by atoms with Crippen LogP contribution in [0.3, 0.4) is 0 Å². The lowest BCUT2D eigenvalue weighted by Crippen LogP contribution is -2.30.